The summed E-state index contributed by atoms with van der Waals surface area (Å²) in [5.41, 5.74) is 5.80. The van der Waals surface area contributed by atoms with Crippen LogP contribution in [0.4, 0.5) is 22.9 Å². The van der Waals surface area contributed by atoms with Crippen LogP contribution in [0.1, 0.15) is 26.3 Å². The molecule has 2 unspecified atom stereocenters. The van der Waals surface area contributed by atoms with Gasteiger partial charge in [-0.3, -0.25) is 0 Å². The van der Waals surface area contributed by atoms with E-state index in [1.165, 1.54) is 11.3 Å². The Morgan fingerprint density at radius 3 is 2.44 bits per heavy atom. The monoisotopic (exact) mass is 447 g/mol. The van der Waals surface area contributed by atoms with Crippen LogP contribution in [0.3, 0.4) is 0 Å². The van der Waals surface area contributed by atoms with Crippen molar-refractivity contribution in [2.45, 2.75) is 32.4 Å². The van der Waals surface area contributed by atoms with Gasteiger partial charge in [0.15, 0.2) is 5.82 Å². The molecule has 168 valence electrons. The van der Waals surface area contributed by atoms with Crippen molar-refractivity contribution in [3.63, 3.8) is 0 Å². The number of furan rings is 2. The van der Waals surface area contributed by atoms with Crippen molar-refractivity contribution < 1.29 is 8.83 Å². The number of fused-ring (bicyclic) bond motifs is 7. The van der Waals surface area contributed by atoms with Gasteiger partial charge in [0.25, 0.3) is 0 Å². The molecule has 0 saturated carbocycles. The maximum absolute atomic E-state index is 5.81. The zero-order valence-corrected chi connectivity index (χ0v) is 19.4. The topological polar surface area (TPSA) is 45.7 Å². The van der Waals surface area contributed by atoms with Gasteiger partial charge in [-0.25, -0.2) is 4.98 Å². The predicted molar refractivity (Wildman–Crippen MR) is 136 cm³/mol. The molecular formula is C29H25N3O2. The Morgan fingerprint density at radius 1 is 0.882 bits per heavy atom. The zero-order chi connectivity index (χ0) is 23.2. The first-order valence-electron chi connectivity index (χ1n) is 11.6. The lowest BCUT2D eigenvalue weighted by molar-refractivity contribution is 0.171. The number of pyridine rings is 1. The standard InChI is InChI=1S/C29H25N3O2/c1-5-29(4)21-17-25-19(11-14-34-25)16-23(21)32-22-7-6-12-30-26(22)31(27(32)28(29,2)3)20-8-9-24-18(15-20)10-13-33-24/h5-17,27H,1H2,2-4H3. The van der Waals surface area contributed by atoms with Crippen LogP contribution in [-0.2, 0) is 5.41 Å². The highest BCUT2D eigenvalue weighted by Crippen LogP contribution is 2.62. The van der Waals surface area contributed by atoms with Gasteiger partial charge in [0.2, 0.25) is 0 Å². The molecule has 34 heavy (non-hydrogen) atoms. The smallest absolute Gasteiger partial charge is 0.158 e. The van der Waals surface area contributed by atoms with E-state index in [0.29, 0.717) is 0 Å². The van der Waals surface area contributed by atoms with E-state index >= 15 is 0 Å². The summed E-state index contributed by atoms with van der Waals surface area (Å²) < 4.78 is 11.4. The van der Waals surface area contributed by atoms with Crippen LogP contribution in [0.2, 0.25) is 0 Å². The average Bonchev–Trinajstić information content (AvgIpc) is 3.57. The first-order valence-corrected chi connectivity index (χ1v) is 11.6. The van der Waals surface area contributed by atoms with Crippen molar-refractivity contribution in [1.29, 1.82) is 0 Å². The van der Waals surface area contributed by atoms with Crippen LogP contribution in [-0.4, -0.2) is 11.1 Å². The summed E-state index contributed by atoms with van der Waals surface area (Å²) in [6.07, 6.45) is 7.46. The molecule has 5 nitrogen and oxygen atoms in total. The maximum Gasteiger partial charge on any atom is 0.158 e. The van der Waals surface area contributed by atoms with Gasteiger partial charge in [0.1, 0.15) is 17.3 Å². The van der Waals surface area contributed by atoms with Crippen molar-refractivity contribution in [3.8, 4) is 0 Å². The van der Waals surface area contributed by atoms with Gasteiger partial charge >= 0.3 is 0 Å². The van der Waals surface area contributed by atoms with Crippen molar-refractivity contribution in [3.05, 3.63) is 91.5 Å². The molecule has 0 N–H and O–H groups in total. The minimum Gasteiger partial charge on any atom is -0.464 e. The third-order valence-electron chi connectivity index (χ3n) is 8.24. The molecule has 0 bridgehead atoms. The van der Waals surface area contributed by atoms with Gasteiger partial charge in [0.05, 0.1) is 18.2 Å². The summed E-state index contributed by atoms with van der Waals surface area (Å²) >= 11 is 0. The number of hydrogen-bond acceptors (Lipinski definition) is 5. The molecule has 0 aliphatic carbocycles. The number of allylic oxidation sites excluding steroid dienone is 1. The molecule has 7 rings (SSSR count). The van der Waals surface area contributed by atoms with Crippen LogP contribution in [0.15, 0.2) is 94.8 Å². The first-order chi connectivity index (χ1) is 16.4. The van der Waals surface area contributed by atoms with E-state index in [9.17, 15) is 0 Å². The van der Waals surface area contributed by atoms with E-state index in [-0.39, 0.29) is 17.0 Å². The summed E-state index contributed by atoms with van der Waals surface area (Å²) in [6, 6.07) is 19.0. The van der Waals surface area contributed by atoms with E-state index in [1.54, 1.807) is 12.5 Å². The van der Waals surface area contributed by atoms with Gasteiger partial charge in [-0.15, -0.1) is 6.58 Å². The Kier molecular flexibility index (Phi) is 3.62. The fourth-order valence-electron chi connectivity index (χ4n) is 6.00. The molecule has 0 saturated heterocycles. The molecule has 0 radical (unpaired) electrons. The molecule has 0 spiro atoms. The lowest BCUT2D eigenvalue weighted by Gasteiger charge is -2.56. The van der Waals surface area contributed by atoms with Crippen molar-refractivity contribution in [2.75, 3.05) is 9.80 Å². The van der Waals surface area contributed by atoms with Gasteiger partial charge in [-0.05, 0) is 60.2 Å². The Morgan fingerprint density at radius 2 is 1.65 bits per heavy atom. The largest absolute Gasteiger partial charge is 0.464 e. The third-order valence-corrected chi connectivity index (χ3v) is 8.24. The van der Waals surface area contributed by atoms with Gasteiger partial charge in [0, 0.05) is 39.2 Å². The minimum absolute atomic E-state index is 0.0124. The predicted octanol–water partition coefficient (Wildman–Crippen LogP) is 7.67. The van der Waals surface area contributed by atoms with Crippen LogP contribution >= 0.6 is 0 Å². The highest BCUT2D eigenvalue weighted by Gasteiger charge is 2.59. The molecule has 2 aliphatic rings. The Labute approximate surface area is 197 Å². The van der Waals surface area contributed by atoms with E-state index in [4.69, 9.17) is 13.8 Å². The van der Waals surface area contributed by atoms with Crippen molar-refractivity contribution >= 4 is 44.8 Å². The van der Waals surface area contributed by atoms with E-state index in [1.807, 2.05) is 30.5 Å². The van der Waals surface area contributed by atoms with Crippen LogP contribution in [0.5, 0.6) is 0 Å². The summed E-state index contributed by atoms with van der Waals surface area (Å²) in [7, 11) is 0. The molecule has 0 amide bonds. The molecule has 2 aliphatic heterocycles. The average molecular weight is 448 g/mol. The molecule has 5 heterocycles. The second-order valence-corrected chi connectivity index (χ2v) is 10.1. The normalized spacial score (nSPS) is 22.6. The summed E-state index contributed by atoms with van der Waals surface area (Å²) in [6.45, 7) is 11.3. The molecule has 0 fully saturated rings. The van der Waals surface area contributed by atoms with Gasteiger partial charge in [-0.1, -0.05) is 26.8 Å². The minimum atomic E-state index is -0.315. The highest BCUT2D eigenvalue weighted by atomic mass is 16.3. The van der Waals surface area contributed by atoms with Crippen LogP contribution < -0.4 is 9.80 Å². The number of aromatic nitrogens is 1. The molecule has 2 atom stereocenters. The second-order valence-electron chi connectivity index (χ2n) is 10.1. The fraction of sp³-hybridized carbons (Fsp3) is 0.207. The van der Waals surface area contributed by atoms with E-state index in [0.717, 1.165) is 39.1 Å². The molecule has 5 aromatic rings. The SMILES string of the molecule is C=CC1(C)c2cc3occc3cc2N2c3cccnc3N(c3ccc4occc4c3)C2C1(C)C. The second kappa shape index (κ2) is 6.32. The fourth-order valence-corrected chi connectivity index (χ4v) is 6.00. The van der Waals surface area contributed by atoms with Crippen LogP contribution in [0.25, 0.3) is 21.9 Å². The third kappa shape index (κ3) is 2.22. The lowest BCUT2D eigenvalue weighted by Crippen LogP contribution is -2.60. The Hall–Kier alpha value is -3.99. The van der Waals surface area contributed by atoms with Crippen LogP contribution in [0, 0.1) is 5.41 Å². The first kappa shape index (κ1) is 19.5. The molecular weight excluding hydrogens is 422 g/mol. The van der Waals surface area contributed by atoms with Crippen molar-refractivity contribution in [1.82, 2.24) is 4.98 Å². The zero-order valence-electron chi connectivity index (χ0n) is 19.4. The maximum atomic E-state index is 5.81. The van der Waals surface area contributed by atoms with Gasteiger partial charge < -0.3 is 18.6 Å². The number of nitrogens with zero attached hydrogens (tertiary/aromatic N) is 3. The highest BCUT2D eigenvalue weighted by molar-refractivity contribution is 5.94. The van der Waals surface area contributed by atoms with Gasteiger partial charge in [-0.2, -0.15) is 0 Å². The Balaban J connectivity index is 1.56. The van der Waals surface area contributed by atoms with E-state index in [2.05, 4.69) is 73.6 Å². The van der Waals surface area contributed by atoms with Crippen molar-refractivity contribution in [2.24, 2.45) is 5.41 Å². The van der Waals surface area contributed by atoms with E-state index < -0.39 is 0 Å². The quantitative estimate of drug-likeness (QED) is 0.260. The number of hydrogen-bond donors (Lipinski definition) is 0. The number of benzene rings is 2. The lowest BCUT2D eigenvalue weighted by atomic mass is 9.58. The number of anilines is 4. The number of rotatable bonds is 2. The molecule has 5 heteroatoms. The summed E-state index contributed by atoms with van der Waals surface area (Å²) in [5.74, 6) is 0.954. The molecule has 3 aromatic heterocycles. The molecule has 2 aromatic carbocycles. The summed E-state index contributed by atoms with van der Waals surface area (Å²) in [4.78, 5) is 9.72. The summed E-state index contributed by atoms with van der Waals surface area (Å²) in [5, 5.41) is 2.17. The Bertz CT molecular complexity index is 1610.